The van der Waals surface area contributed by atoms with E-state index in [4.69, 9.17) is 0 Å². The quantitative estimate of drug-likeness (QED) is 0.757. The Bertz CT molecular complexity index is 852. The fraction of sp³-hybridized carbons (Fsp3) is 0.500. The Hall–Kier alpha value is -2.14. The minimum absolute atomic E-state index is 0.571. The van der Waals surface area contributed by atoms with Crippen LogP contribution in [0, 0.1) is 0 Å². The Morgan fingerprint density at radius 3 is 2.68 bits per heavy atom. The summed E-state index contributed by atoms with van der Waals surface area (Å²) in [6.45, 7) is 4.46. The highest BCUT2D eigenvalue weighted by Gasteiger charge is 2.23. The summed E-state index contributed by atoms with van der Waals surface area (Å²) in [7, 11) is 1.95. The second-order valence-corrected chi connectivity index (χ2v) is 7.64. The smallest absolute Gasteiger partial charge is 0.137 e. The van der Waals surface area contributed by atoms with Gasteiger partial charge in [-0.3, -0.25) is 4.68 Å². The first-order valence-electron chi connectivity index (χ1n) is 9.32. The lowest BCUT2D eigenvalue weighted by atomic mass is 9.82. The van der Waals surface area contributed by atoms with Crippen molar-refractivity contribution in [2.24, 2.45) is 7.05 Å². The van der Waals surface area contributed by atoms with Crippen LogP contribution < -0.4 is 5.32 Å². The standard InChI is InChI=1S/C20H27N5/c1-13(2)24-17-6-4-14(5-7-17)15-8-18-19(11-22-20(18)21-9-15)16-10-23-25(3)12-16/h8-14,17,24H,4-7H2,1-3H3,(H,21,22)/t14-,17-. The van der Waals surface area contributed by atoms with E-state index in [2.05, 4.69) is 52.7 Å². The molecule has 5 nitrogen and oxygen atoms in total. The van der Waals surface area contributed by atoms with Gasteiger partial charge < -0.3 is 10.3 Å². The Kier molecular flexibility index (Phi) is 4.34. The van der Waals surface area contributed by atoms with Crippen LogP contribution in [0.15, 0.2) is 30.9 Å². The number of hydrogen-bond donors (Lipinski definition) is 2. The number of aromatic nitrogens is 4. The molecule has 1 fully saturated rings. The third-order valence-corrected chi connectivity index (χ3v) is 5.34. The van der Waals surface area contributed by atoms with E-state index in [1.165, 1.54) is 42.2 Å². The molecule has 0 unspecified atom stereocenters. The molecule has 132 valence electrons. The monoisotopic (exact) mass is 337 g/mol. The number of H-pyrrole nitrogens is 1. The van der Waals surface area contributed by atoms with Crippen molar-refractivity contribution in [3.63, 3.8) is 0 Å². The summed E-state index contributed by atoms with van der Waals surface area (Å²) in [5, 5.41) is 9.18. The number of hydrogen-bond acceptors (Lipinski definition) is 3. The van der Waals surface area contributed by atoms with Crippen LogP contribution in [0.5, 0.6) is 0 Å². The van der Waals surface area contributed by atoms with Crippen molar-refractivity contribution in [2.45, 2.75) is 57.5 Å². The van der Waals surface area contributed by atoms with Gasteiger partial charge in [0.1, 0.15) is 5.65 Å². The molecular formula is C20H27N5. The van der Waals surface area contributed by atoms with Gasteiger partial charge in [-0.25, -0.2) is 4.98 Å². The maximum absolute atomic E-state index is 4.68. The first-order valence-corrected chi connectivity index (χ1v) is 9.32. The molecular weight excluding hydrogens is 310 g/mol. The first-order chi connectivity index (χ1) is 12.1. The van der Waals surface area contributed by atoms with Crippen LogP contribution in [0.3, 0.4) is 0 Å². The van der Waals surface area contributed by atoms with E-state index < -0.39 is 0 Å². The summed E-state index contributed by atoms with van der Waals surface area (Å²) in [6, 6.07) is 3.58. The van der Waals surface area contributed by atoms with E-state index in [1.54, 1.807) is 0 Å². The average Bonchev–Trinajstić information content (AvgIpc) is 3.20. The summed E-state index contributed by atoms with van der Waals surface area (Å²) < 4.78 is 1.84. The van der Waals surface area contributed by atoms with Crippen LogP contribution in [0.25, 0.3) is 22.2 Å². The highest BCUT2D eigenvalue weighted by molar-refractivity contribution is 5.93. The van der Waals surface area contributed by atoms with Gasteiger partial charge in [-0.2, -0.15) is 5.10 Å². The largest absolute Gasteiger partial charge is 0.346 e. The predicted octanol–water partition coefficient (Wildman–Crippen LogP) is 3.99. The van der Waals surface area contributed by atoms with Gasteiger partial charge in [0.15, 0.2) is 0 Å². The second-order valence-electron chi connectivity index (χ2n) is 7.64. The van der Waals surface area contributed by atoms with Gasteiger partial charge in [0.2, 0.25) is 0 Å². The zero-order valence-electron chi connectivity index (χ0n) is 15.3. The topological polar surface area (TPSA) is 58.5 Å². The van der Waals surface area contributed by atoms with Crippen LogP contribution in [0.2, 0.25) is 0 Å². The van der Waals surface area contributed by atoms with E-state index in [0.717, 1.165) is 11.2 Å². The molecule has 3 aromatic rings. The van der Waals surface area contributed by atoms with Gasteiger partial charge in [0.25, 0.3) is 0 Å². The molecule has 1 saturated carbocycles. The highest BCUT2D eigenvalue weighted by Crippen LogP contribution is 2.35. The van der Waals surface area contributed by atoms with Crippen molar-refractivity contribution in [3.05, 3.63) is 36.4 Å². The number of pyridine rings is 1. The van der Waals surface area contributed by atoms with Crippen molar-refractivity contribution >= 4 is 11.0 Å². The number of nitrogens with one attached hydrogen (secondary N) is 2. The Morgan fingerprint density at radius 2 is 2.00 bits per heavy atom. The molecule has 3 aromatic heterocycles. The van der Waals surface area contributed by atoms with Crippen molar-refractivity contribution < 1.29 is 0 Å². The molecule has 4 rings (SSSR count). The van der Waals surface area contributed by atoms with Gasteiger partial charge in [0, 0.05) is 54.2 Å². The van der Waals surface area contributed by atoms with Crippen LogP contribution in [0.4, 0.5) is 0 Å². The molecule has 0 aliphatic heterocycles. The number of aromatic amines is 1. The molecule has 2 N–H and O–H groups in total. The van der Waals surface area contributed by atoms with E-state index >= 15 is 0 Å². The normalized spacial score (nSPS) is 21.3. The van der Waals surface area contributed by atoms with Gasteiger partial charge >= 0.3 is 0 Å². The zero-order chi connectivity index (χ0) is 17.4. The fourth-order valence-electron chi connectivity index (χ4n) is 4.11. The lowest BCUT2D eigenvalue weighted by Gasteiger charge is -2.30. The Labute approximate surface area is 148 Å². The highest BCUT2D eigenvalue weighted by atomic mass is 15.2. The van der Waals surface area contributed by atoms with E-state index in [-0.39, 0.29) is 0 Å². The molecule has 0 saturated heterocycles. The summed E-state index contributed by atoms with van der Waals surface area (Å²) in [5.41, 5.74) is 4.66. The number of fused-ring (bicyclic) bond motifs is 1. The van der Waals surface area contributed by atoms with Crippen LogP contribution in [-0.4, -0.2) is 31.8 Å². The second kappa shape index (κ2) is 6.64. The fourth-order valence-corrected chi connectivity index (χ4v) is 4.11. The van der Waals surface area contributed by atoms with Gasteiger partial charge in [-0.1, -0.05) is 13.8 Å². The van der Waals surface area contributed by atoms with Crippen molar-refractivity contribution in [3.8, 4) is 11.1 Å². The van der Waals surface area contributed by atoms with E-state index in [0.29, 0.717) is 18.0 Å². The van der Waals surface area contributed by atoms with Crippen molar-refractivity contribution in [1.82, 2.24) is 25.1 Å². The predicted molar refractivity (Wildman–Crippen MR) is 102 cm³/mol. The summed E-state index contributed by atoms with van der Waals surface area (Å²) >= 11 is 0. The van der Waals surface area contributed by atoms with E-state index in [1.807, 2.05) is 24.1 Å². The molecule has 1 aliphatic carbocycles. The van der Waals surface area contributed by atoms with Gasteiger partial charge in [0.05, 0.1) is 6.20 Å². The Morgan fingerprint density at radius 1 is 1.20 bits per heavy atom. The molecule has 5 heteroatoms. The number of nitrogens with zero attached hydrogens (tertiary/aromatic N) is 3. The van der Waals surface area contributed by atoms with Crippen LogP contribution in [0.1, 0.15) is 51.0 Å². The van der Waals surface area contributed by atoms with Crippen LogP contribution >= 0.6 is 0 Å². The molecule has 0 radical (unpaired) electrons. The molecule has 0 spiro atoms. The number of rotatable bonds is 4. The molecule has 1 aliphatic rings. The molecule has 0 aromatic carbocycles. The van der Waals surface area contributed by atoms with Crippen molar-refractivity contribution in [2.75, 3.05) is 0 Å². The Balaban J connectivity index is 1.57. The van der Waals surface area contributed by atoms with Gasteiger partial charge in [-0.05, 0) is 43.2 Å². The average molecular weight is 337 g/mol. The third-order valence-electron chi connectivity index (χ3n) is 5.34. The summed E-state index contributed by atoms with van der Waals surface area (Å²) in [6.07, 6.45) is 13.1. The lowest BCUT2D eigenvalue weighted by molar-refractivity contribution is 0.326. The zero-order valence-corrected chi connectivity index (χ0v) is 15.3. The minimum Gasteiger partial charge on any atom is -0.346 e. The van der Waals surface area contributed by atoms with Crippen LogP contribution in [-0.2, 0) is 7.05 Å². The summed E-state index contributed by atoms with van der Waals surface area (Å²) in [4.78, 5) is 7.97. The maximum Gasteiger partial charge on any atom is 0.137 e. The van der Waals surface area contributed by atoms with Gasteiger partial charge in [-0.15, -0.1) is 0 Å². The molecule has 25 heavy (non-hydrogen) atoms. The molecule has 0 amide bonds. The number of aryl methyl sites for hydroxylation is 1. The first kappa shape index (κ1) is 16.3. The molecule has 0 bridgehead atoms. The third kappa shape index (κ3) is 3.33. The molecule has 3 heterocycles. The maximum atomic E-state index is 4.68. The lowest BCUT2D eigenvalue weighted by Crippen LogP contribution is -2.37. The van der Waals surface area contributed by atoms with E-state index in [9.17, 15) is 0 Å². The molecule has 0 atom stereocenters. The minimum atomic E-state index is 0.571. The summed E-state index contributed by atoms with van der Waals surface area (Å²) in [5.74, 6) is 0.624. The van der Waals surface area contributed by atoms with Crippen molar-refractivity contribution in [1.29, 1.82) is 0 Å². The SMILES string of the molecule is CC(C)N[C@H]1CC[C@H](c2cnc3[nH]cc(-c4cnn(C)c4)c3c2)CC1.